The van der Waals surface area contributed by atoms with E-state index in [1.807, 2.05) is 0 Å². The number of rotatable bonds is 5. The molecule has 3 rings (SSSR count). The van der Waals surface area contributed by atoms with Crippen molar-refractivity contribution in [1.29, 1.82) is 5.26 Å². The maximum absolute atomic E-state index is 13.2. The standard InChI is InChI=1S/C21H16FN3O4/c1-3-28-21(27)14(12-23)11-17-19(29-16-8-6-15(22)7-9-16)24-18-13(2)5-4-10-25(18)20(17)26/h4-11H,3H2,1-2H3/b14-11+. The molecule has 0 atom stereocenters. The van der Waals surface area contributed by atoms with Crippen molar-refractivity contribution >= 4 is 17.7 Å². The van der Waals surface area contributed by atoms with Crippen molar-refractivity contribution < 1.29 is 18.7 Å². The number of hydrogen-bond donors (Lipinski definition) is 0. The Kier molecular flexibility index (Phi) is 5.69. The topological polar surface area (TPSA) is 93.7 Å². The molecule has 0 bridgehead atoms. The predicted octanol–water partition coefficient (Wildman–Crippen LogP) is 3.40. The lowest BCUT2D eigenvalue weighted by Crippen LogP contribution is -2.20. The third kappa shape index (κ3) is 4.14. The van der Waals surface area contributed by atoms with E-state index in [-0.39, 0.29) is 29.4 Å². The van der Waals surface area contributed by atoms with Crippen molar-refractivity contribution in [3.63, 3.8) is 0 Å². The molecule has 0 aliphatic heterocycles. The summed E-state index contributed by atoms with van der Waals surface area (Å²) in [6, 6.07) is 10.3. The molecular formula is C21H16FN3O4. The smallest absolute Gasteiger partial charge is 0.348 e. The Morgan fingerprint density at radius 3 is 2.69 bits per heavy atom. The van der Waals surface area contributed by atoms with Crippen LogP contribution in [0.25, 0.3) is 11.7 Å². The number of hydrogen-bond acceptors (Lipinski definition) is 6. The molecule has 0 aliphatic carbocycles. The number of halogens is 1. The van der Waals surface area contributed by atoms with Gasteiger partial charge >= 0.3 is 5.97 Å². The van der Waals surface area contributed by atoms with E-state index >= 15 is 0 Å². The fourth-order valence-corrected chi connectivity index (χ4v) is 2.60. The number of aromatic nitrogens is 2. The zero-order valence-electron chi connectivity index (χ0n) is 15.7. The summed E-state index contributed by atoms with van der Waals surface area (Å²) in [5, 5.41) is 9.31. The van der Waals surface area contributed by atoms with Crippen molar-refractivity contribution in [2.24, 2.45) is 0 Å². The van der Waals surface area contributed by atoms with Crippen molar-refractivity contribution in [3.8, 4) is 17.7 Å². The van der Waals surface area contributed by atoms with Gasteiger partial charge in [-0.05, 0) is 55.8 Å². The largest absolute Gasteiger partial charge is 0.462 e. The molecule has 3 aromatic rings. The summed E-state index contributed by atoms with van der Waals surface area (Å²) in [7, 11) is 0. The third-order valence-corrected chi connectivity index (χ3v) is 3.98. The van der Waals surface area contributed by atoms with Gasteiger partial charge in [0.25, 0.3) is 5.56 Å². The van der Waals surface area contributed by atoms with E-state index in [9.17, 15) is 19.2 Å². The van der Waals surface area contributed by atoms with Crippen molar-refractivity contribution in [2.45, 2.75) is 13.8 Å². The Hall–Kier alpha value is -3.99. The maximum atomic E-state index is 13.2. The highest BCUT2D eigenvalue weighted by Gasteiger charge is 2.18. The molecule has 8 heteroatoms. The van der Waals surface area contributed by atoms with Crippen LogP contribution in [-0.2, 0) is 9.53 Å². The van der Waals surface area contributed by atoms with E-state index < -0.39 is 17.3 Å². The molecule has 0 saturated carbocycles. The van der Waals surface area contributed by atoms with E-state index in [0.717, 1.165) is 11.6 Å². The van der Waals surface area contributed by atoms with Gasteiger partial charge in [-0.2, -0.15) is 10.2 Å². The fourth-order valence-electron chi connectivity index (χ4n) is 2.60. The molecule has 0 unspecified atom stereocenters. The number of fused-ring (bicyclic) bond motifs is 1. The quantitative estimate of drug-likeness (QED) is 0.375. The minimum atomic E-state index is -0.864. The normalized spacial score (nSPS) is 11.2. The number of ether oxygens (including phenoxy) is 2. The average molecular weight is 393 g/mol. The molecule has 0 amide bonds. The molecule has 2 heterocycles. The first-order chi connectivity index (χ1) is 13.9. The van der Waals surface area contributed by atoms with Crippen molar-refractivity contribution in [2.75, 3.05) is 6.61 Å². The SMILES string of the molecule is CCOC(=O)/C(C#N)=C/c1c(Oc2ccc(F)cc2)nc2c(C)cccn2c1=O. The van der Waals surface area contributed by atoms with Crippen molar-refractivity contribution in [1.82, 2.24) is 9.38 Å². The molecule has 1 aromatic carbocycles. The van der Waals surface area contributed by atoms with Gasteiger partial charge in [0.05, 0.1) is 6.61 Å². The molecule has 0 N–H and O–H groups in total. The van der Waals surface area contributed by atoms with Gasteiger partial charge in [-0.15, -0.1) is 0 Å². The average Bonchev–Trinajstić information content (AvgIpc) is 2.70. The molecule has 29 heavy (non-hydrogen) atoms. The minimum Gasteiger partial charge on any atom is -0.462 e. The Bertz CT molecular complexity index is 1210. The lowest BCUT2D eigenvalue weighted by molar-refractivity contribution is -0.137. The second kappa shape index (κ2) is 8.35. The second-order valence-electron chi connectivity index (χ2n) is 5.97. The number of carbonyl (C=O) groups excluding carboxylic acids is 1. The Morgan fingerprint density at radius 1 is 1.31 bits per heavy atom. The zero-order valence-corrected chi connectivity index (χ0v) is 15.7. The summed E-state index contributed by atoms with van der Waals surface area (Å²) in [5.41, 5.74) is 0.0496. The first-order valence-corrected chi connectivity index (χ1v) is 8.69. The van der Waals surface area contributed by atoms with Crippen LogP contribution in [0.15, 0.2) is 53.0 Å². The van der Waals surface area contributed by atoms with Gasteiger partial charge in [-0.3, -0.25) is 9.20 Å². The highest BCUT2D eigenvalue weighted by atomic mass is 19.1. The predicted molar refractivity (Wildman–Crippen MR) is 103 cm³/mol. The molecule has 0 fully saturated rings. The Labute approximate surface area is 165 Å². The molecule has 0 spiro atoms. The number of esters is 1. The first kappa shape index (κ1) is 19.8. The van der Waals surface area contributed by atoms with Crippen LogP contribution in [0.4, 0.5) is 4.39 Å². The van der Waals surface area contributed by atoms with Crippen LogP contribution in [0.1, 0.15) is 18.1 Å². The Balaban J connectivity index is 2.24. The van der Waals surface area contributed by atoms with Crippen LogP contribution in [0.5, 0.6) is 11.6 Å². The van der Waals surface area contributed by atoms with E-state index in [2.05, 4.69) is 4.98 Å². The highest BCUT2D eigenvalue weighted by molar-refractivity contribution is 5.98. The van der Waals surface area contributed by atoms with E-state index in [1.165, 1.54) is 34.9 Å². The maximum Gasteiger partial charge on any atom is 0.348 e. The molecule has 0 aliphatic rings. The summed E-state index contributed by atoms with van der Waals surface area (Å²) in [4.78, 5) is 29.4. The summed E-state index contributed by atoms with van der Waals surface area (Å²) >= 11 is 0. The zero-order chi connectivity index (χ0) is 21.0. The molecule has 0 radical (unpaired) electrons. The van der Waals surface area contributed by atoms with Gasteiger partial charge in [-0.25, -0.2) is 9.18 Å². The number of carbonyl (C=O) groups is 1. The van der Waals surface area contributed by atoms with Gasteiger partial charge in [0, 0.05) is 6.20 Å². The van der Waals surface area contributed by atoms with Crippen LogP contribution in [0, 0.1) is 24.1 Å². The number of nitriles is 1. The number of nitrogens with zero attached hydrogens (tertiary/aromatic N) is 3. The summed E-state index contributed by atoms with van der Waals surface area (Å²) in [5.74, 6) is -1.20. The summed E-state index contributed by atoms with van der Waals surface area (Å²) < 4.78 is 25.0. The van der Waals surface area contributed by atoms with Crippen LogP contribution in [0.2, 0.25) is 0 Å². The van der Waals surface area contributed by atoms with Gasteiger partial charge in [-0.1, -0.05) is 6.07 Å². The van der Waals surface area contributed by atoms with Gasteiger partial charge in [0.15, 0.2) is 0 Å². The van der Waals surface area contributed by atoms with Gasteiger partial charge in [0.2, 0.25) is 5.88 Å². The van der Waals surface area contributed by atoms with Crippen LogP contribution in [0.3, 0.4) is 0 Å². The minimum absolute atomic E-state index is 0.0743. The molecular weight excluding hydrogens is 377 g/mol. The monoisotopic (exact) mass is 393 g/mol. The lowest BCUT2D eigenvalue weighted by Gasteiger charge is -2.11. The molecule has 0 saturated heterocycles. The molecule has 2 aromatic heterocycles. The summed E-state index contributed by atoms with van der Waals surface area (Å²) in [6.07, 6.45) is 2.61. The summed E-state index contributed by atoms with van der Waals surface area (Å²) in [6.45, 7) is 3.45. The van der Waals surface area contributed by atoms with E-state index in [0.29, 0.717) is 5.65 Å². The lowest BCUT2D eigenvalue weighted by atomic mass is 10.2. The van der Waals surface area contributed by atoms with Gasteiger partial charge in [0.1, 0.15) is 34.4 Å². The van der Waals surface area contributed by atoms with E-state index in [1.54, 1.807) is 32.0 Å². The molecule has 146 valence electrons. The van der Waals surface area contributed by atoms with Gasteiger partial charge < -0.3 is 9.47 Å². The second-order valence-corrected chi connectivity index (χ2v) is 5.97. The third-order valence-electron chi connectivity index (χ3n) is 3.98. The Morgan fingerprint density at radius 2 is 2.03 bits per heavy atom. The first-order valence-electron chi connectivity index (χ1n) is 8.69. The fraction of sp³-hybridized carbons (Fsp3) is 0.143. The number of benzene rings is 1. The highest BCUT2D eigenvalue weighted by Crippen LogP contribution is 2.25. The van der Waals surface area contributed by atoms with Crippen LogP contribution < -0.4 is 10.3 Å². The van der Waals surface area contributed by atoms with E-state index in [4.69, 9.17) is 9.47 Å². The number of pyridine rings is 1. The number of aryl methyl sites for hydroxylation is 1. The van der Waals surface area contributed by atoms with Crippen LogP contribution in [-0.4, -0.2) is 22.0 Å². The van der Waals surface area contributed by atoms with Crippen LogP contribution >= 0.6 is 0 Å². The molecule has 7 nitrogen and oxygen atoms in total. The van der Waals surface area contributed by atoms with Crippen molar-refractivity contribution in [3.05, 3.63) is 75.5 Å².